The number of hydrogen-bond donors (Lipinski definition) is 1. The summed E-state index contributed by atoms with van der Waals surface area (Å²) in [6.45, 7) is 6.73. The van der Waals surface area contributed by atoms with Gasteiger partial charge < -0.3 is 5.32 Å². The van der Waals surface area contributed by atoms with Crippen LogP contribution in [-0.2, 0) is 10.0 Å². The molecule has 0 bridgehead atoms. The molecule has 1 fully saturated rings. The Kier molecular flexibility index (Phi) is 6.17. The van der Waals surface area contributed by atoms with E-state index in [9.17, 15) is 8.42 Å². The number of aryl methyl sites for hydroxylation is 1. The van der Waals surface area contributed by atoms with Crippen LogP contribution in [0.2, 0.25) is 0 Å². The third-order valence-corrected chi connectivity index (χ3v) is 7.20. The molecule has 0 amide bonds. The zero-order chi connectivity index (χ0) is 19.4. The fourth-order valence-electron chi connectivity index (χ4n) is 3.49. The van der Waals surface area contributed by atoms with Crippen LogP contribution in [0.15, 0.2) is 47.5 Å². The fraction of sp³-hybridized carbons (Fsp3) is 0.476. The molecule has 5 nitrogen and oxygen atoms in total. The molecule has 1 aromatic carbocycles. The smallest absolute Gasteiger partial charge is 0.243 e. The molecule has 2 atom stereocenters. The maximum absolute atomic E-state index is 13.4. The fourth-order valence-corrected chi connectivity index (χ4v) is 5.17. The van der Waals surface area contributed by atoms with E-state index in [2.05, 4.69) is 24.1 Å². The van der Waals surface area contributed by atoms with Crippen LogP contribution in [0.1, 0.15) is 56.7 Å². The van der Waals surface area contributed by atoms with E-state index in [1.807, 2.05) is 31.2 Å². The van der Waals surface area contributed by atoms with Crippen LogP contribution in [-0.4, -0.2) is 30.3 Å². The van der Waals surface area contributed by atoms with Crippen LogP contribution in [0.25, 0.3) is 0 Å². The molecule has 1 N–H and O–H groups in total. The molecule has 3 rings (SSSR count). The lowest BCUT2D eigenvalue weighted by atomic mass is 9.97. The van der Waals surface area contributed by atoms with Crippen LogP contribution in [0.4, 0.5) is 5.82 Å². The summed E-state index contributed by atoms with van der Waals surface area (Å²) in [4.78, 5) is 4.87. The first-order valence-corrected chi connectivity index (χ1v) is 11.2. The van der Waals surface area contributed by atoms with E-state index in [0.717, 1.165) is 42.6 Å². The van der Waals surface area contributed by atoms with E-state index in [0.29, 0.717) is 11.4 Å². The number of pyridine rings is 1. The van der Waals surface area contributed by atoms with E-state index < -0.39 is 10.0 Å². The molecule has 0 spiro atoms. The first-order valence-electron chi connectivity index (χ1n) is 9.73. The minimum atomic E-state index is -3.55. The molecule has 0 radical (unpaired) electrons. The summed E-state index contributed by atoms with van der Waals surface area (Å²) in [6.07, 6.45) is 5.45. The molecule has 2 heterocycles. The Bertz CT molecular complexity index is 865. The number of benzene rings is 1. The Morgan fingerprint density at radius 2 is 1.96 bits per heavy atom. The SMILES string of the molecule is CCC(C)Nc1ncccc1C1CCCCN1S(=O)(=O)c1ccc(C)cc1. The lowest BCUT2D eigenvalue weighted by molar-refractivity contribution is 0.256. The Labute approximate surface area is 162 Å². The predicted octanol–water partition coefficient (Wildman–Crippen LogP) is 4.52. The number of nitrogens with one attached hydrogen (secondary N) is 1. The van der Waals surface area contributed by atoms with Crippen molar-refractivity contribution in [2.45, 2.75) is 63.4 Å². The van der Waals surface area contributed by atoms with Crippen LogP contribution in [0.3, 0.4) is 0 Å². The van der Waals surface area contributed by atoms with Crippen molar-refractivity contribution in [3.8, 4) is 0 Å². The molecule has 2 aromatic rings. The molecule has 1 aromatic heterocycles. The second-order valence-electron chi connectivity index (χ2n) is 7.34. The molecule has 6 heteroatoms. The van der Waals surface area contributed by atoms with Gasteiger partial charge in [0.05, 0.1) is 10.9 Å². The van der Waals surface area contributed by atoms with Crippen molar-refractivity contribution in [1.29, 1.82) is 0 Å². The van der Waals surface area contributed by atoms with Gasteiger partial charge in [0.15, 0.2) is 0 Å². The van der Waals surface area contributed by atoms with Crippen molar-refractivity contribution in [1.82, 2.24) is 9.29 Å². The van der Waals surface area contributed by atoms with Gasteiger partial charge in [0.25, 0.3) is 0 Å². The van der Waals surface area contributed by atoms with E-state index >= 15 is 0 Å². The third-order valence-electron chi connectivity index (χ3n) is 5.27. The van der Waals surface area contributed by atoms with E-state index in [1.165, 1.54) is 0 Å². The van der Waals surface area contributed by atoms with Gasteiger partial charge in [-0.2, -0.15) is 4.31 Å². The zero-order valence-electron chi connectivity index (χ0n) is 16.4. The third kappa shape index (κ3) is 4.33. The molecule has 0 aliphatic carbocycles. The molecule has 1 aliphatic rings. The second kappa shape index (κ2) is 8.40. The summed E-state index contributed by atoms with van der Waals surface area (Å²) in [5, 5.41) is 3.44. The van der Waals surface area contributed by atoms with Crippen LogP contribution in [0, 0.1) is 6.92 Å². The highest BCUT2D eigenvalue weighted by atomic mass is 32.2. The number of rotatable bonds is 6. The summed E-state index contributed by atoms with van der Waals surface area (Å²) in [6, 6.07) is 11.1. The lowest BCUT2D eigenvalue weighted by Gasteiger charge is -2.36. The number of anilines is 1. The molecule has 0 saturated carbocycles. The van der Waals surface area contributed by atoms with E-state index in [1.54, 1.807) is 22.6 Å². The number of piperidine rings is 1. The minimum Gasteiger partial charge on any atom is -0.367 e. The van der Waals surface area contributed by atoms with Gasteiger partial charge in [-0.25, -0.2) is 13.4 Å². The van der Waals surface area contributed by atoms with Crippen molar-refractivity contribution in [3.63, 3.8) is 0 Å². The van der Waals surface area contributed by atoms with E-state index in [-0.39, 0.29) is 12.1 Å². The van der Waals surface area contributed by atoms with Crippen molar-refractivity contribution < 1.29 is 8.42 Å². The van der Waals surface area contributed by atoms with Crippen molar-refractivity contribution in [2.24, 2.45) is 0 Å². The Balaban J connectivity index is 1.98. The minimum absolute atomic E-state index is 0.190. The number of aromatic nitrogens is 1. The summed E-state index contributed by atoms with van der Waals surface area (Å²) >= 11 is 0. The molecular weight excluding hydrogens is 358 g/mol. The van der Waals surface area contributed by atoms with Crippen molar-refractivity contribution >= 4 is 15.8 Å². The van der Waals surface area contributed by atoms with Gasteiger partial charge in [-0.3, -0.25) is 0 Å². The highest BCUT2D eigenvalue weighted by Crippen LogP contribution is 2.38. The maximum Gasteiger partial charge on any atom is 0.243 e. The summed E-state index contributed by atoms with van der Waals surface area (Å²) in [5.41, 5.74) is 2.02. The Morgan fingerprint density at radius 1 is 1.22 bits per heavy atom. The van der Waals surface area contributed by atoms with Crippen LogP contribution in [0.5, 0.6) is 0 Å². The average molecular weight is 388 g/mol. The normalized spacial score (nSPS) is 19.6. The second-order valence-corrected chi connectivity index (χ2v) is 9.23. The predicted molar refractivity (Wildman–Crippen MR) is 109 cm³/mol. The molecular formula is C21H29N3O2S. The van der Waals surface area contributed by atoms with Gasteiger partial charge in [-0.1, -0.05) is 37.1 Å². The van der Waals surface area contributed by atoms with Crippen molar-refractivity contribution in [2.75, 3.05) is 11.9 Å². The van der Waals surface area contributed by atoms with Gasteiger partial charge in [-0.05, 0) is 51.3 Å². The summed E-state index contributed by atoms with van der Waals surface area (Å²) in [5.74, 6) is 0.794. The molecule has 1 saturated heterocycles. The van der Waals surface area contributed by atoms with Crippen molar-refractivity contribution in [3.05, 3.63) is 53.7 Å². The quantitative estimate of drug-likeness (QED) is 0.792. The maximum atomic E-state index is 13.4. The highest BCUT2D eigenvalue weighted by Gasteiger charge is 2.35. The van der Waals surface area contributed by atoms with Gasteiger partial charge >= 0.3 is 0 Å². The summed E-state index contributed by atoms with van der Waals surface area (Å²) in [7, 11) is -3.55. The summed E-state index contributed by atoms with van der Waals surface area (Å²) < 4.78 is 28.4. The van der Waals surface area contributed by atoms with E-state index in [4.69, 9.17) is 0 Å². The number of hydrogen-bond acceptors (Lipinski definition) is 4. The molecule has 27 heavy (non-hydrogen) atoms. The zero-order valence-corrected chi connectivity index (χ0v) is 17.2. The average Bonchev–Trinajstić information content (AvgIpc) is 2.68. The largest absolute Gasteiger partial charge is 0.367 e. The standard InChI is InChI=1S/C21H29N3O2S/c1-4-17(3)23-21-19(8-7-14-22-21)20-9-5-6-15-24(20)27(25,26)18-12-10-16(2)11-13-18/h7-8,10-14,17,20H,4-6,9,15H2,1-3H3,(H,22,23). The van der Waals surface area contributed by atoms with Gasteiger partial charge in [0.1, 0.15) is 5.82 Å². The van der Waals surface area contributed by atoms with Crippen LogP contribution < -0.4 is 5.32 Å². The van der Waals surface area contributed by atoms with Gasteiger partial charge in [-0.15, -0.1) is 0 Å². The number of sulfonamides is 1. The highest BCUT2D eigenvalue weighted by molar-refractivity contribution is 7.89. The molecule has 146 valence electrons. The Hall–Kier alpha value is -1.92. The monoisotopic (exact) mass is 387 g/mol. The topological polar surface area (TPSA) is 62.3 Å². The van der Waals surface area contributed by atoms with Gasteiger partial charge in [0, 0.05) is 24.3 Å². The van der Waals surface area contributed by atoms with Crippen LogP contribution >= 0.6 is 0 Å². The first kappa shape index (κ1) is 19.8. The Morgan fingerprint density at radius 3 is 2.67 bits per heavy atom. The number of nitrogens with zero attached hydrogens (tertiary/aromatic N) is 2. The molecule has 2 unspecified atom stereocenters. The van der Waals surface area contributed by atoms with Gasteiger partial charge in [0.2, 0.25) is 10.0 Å². The lowest BCUT2D eigenvalue weighted by Crippen LogP contribution is -2.39. The first-order chi connectivity index (χ1) is 12.9. The molecule has 1 aliphatic heterocycles.